The quantitative estimate of drug-likeness (QED) is 0.278. The Morgan fingerprint density at radius 2 is 1.90 bits per heavy atom. The van der Waals surface area contributed by atoms with Crippen LogP contribution in [-0.2, 0) is 4.79 Å². The van der Waals surface area contributed by atoms with Gasteiger partial charge in [-0.3, -0.25) is 4.79 Å². The molecule has 1 aromatic carbocycles. The van der Waals surface area contributed by atoms with Gasteiger partial charge in [0.1, 0.15) is 5.75 Å². The van der Waals surface area contributed by atoms with Crippen molar-refractivity contribution in [2.75, 3.05) is 19.5 Å². The minimum absolute atomic E-state index is 0.0245. The average molecular weight is 437 g/mol. The van der Waals surface area contributed by atoms with E-state index in [4.69, 9.17) is 9.84 Å². The van der Waals surface area contributed by atoms with Crippen molar-refractivity contribution in [3.63, 3.8) is 0 Å². The van der Waals surface area contributed by atoms with Crippen molar-refractivity contribution in [3.8, 4) is 5.75 Å². The topological polar surface area (TPSA) is 107 Å². The van der Waals surface area contributed by atoms with Crippen molar-refractivity contribution in [3.05, 3.63) is 53.5 Å². The third-order valence-corrected chi connectivity index (χ3v) is 5.94. The van der Waals surface area contributed by atoms with E-state index in [2.05, 4.69) is 0 Å². The summed E-state index contributed by atoms with van der Waals surface area (Å²) in [6.45, 7) is 0.473. The van der Waals surface area contributed by atoms with E-state index in [0.717, 1.165) is 5.75 Å². The Hall–Kier alpha value is -1.64. The summed E-state index contributed by atoms with van der Waals surface area (Å²) >= 11 is 1.25. The van der Waals surface area contributed by atoms with Crippen LogP contribution in [0.2, 0.25) is 0 Å². The highest BCUT2D eigenvalue weighted by molar-refractivity contribution is 8.03. The Labute approximate surface area is 182 Å². The van der Waals surface area contributed by atoms with Gasteiger partial charge in [0.05, 0.1) is 30.3 Å². The standard InChI is InChI=1S/C23H32O6S/c1-30-20-16-23(28,13-5-6-15-29-18-9-3-2-4-10-18)21(22(20)27)19(26)12-11-17(25)8-7-14-24/h2-4,9-12,16-17,19,21,24-26,28H,5-8,13-15H2,1H3. The van der Waals surface area contributed by atoms with E-state index in [-0.39, 0.29) is 12.4 Å². The lowest BCUT2D eigenvalue weighted by molar-refractivity contribution is -0.127. The Kier molecular flexibility index (Phi) is 10.1. The zero-order chi connectivity index (χ0) is 22.0. The van der Waals surface area contributed by atoms with Gasteiger partial charge in [0, 0.05) is 11.5 Å². The monoisotopic (exact) mass is 436 g/mol. The lowest BCUT2D eigenvalue weighted by Gasteiger charge is -2.30. The molecule has 1 aliphatic carbocycles. The number of ketones is 1. The number of hydrogen-bond acceptors (Lipinski definition) is 7. The van der Waals surface area contributed by atoms with Gasteiger partial charge < -0.3 is 25.2 Å². The van der Waals surface area contributed by atoms with Gasteiger partial charge in [-0.2, -0.15) is 0 Å². The molecule has 0 bridgehead atoms. The van der Waals surface area contributed by atoms with Gasteiger partial charge in [-0.25, -0.2) is 0 Å². The van der Waals surface area contributed by atoms with Crippen LogP contribution in [0, 0.1) is 5.92 Å². The van der Waals surface area contributed by atoms with E-state index in [0.29, 0.717) is 43.6 Å². The second kappa shape index (κ2) is 12.3. The minimum Gasteiger partial charge on any atom is -0.494 e. The van der Waals surface area contributed by atoms with Gasteiger partial charge in [-0.15, -0.1) is 11.8 Å². The summed E-state index contributed by atoms with van der Waals surface area (Å²) in [5.41, 5.74) is -1.44. The van der Waals surface area contributed by atoms with Gasteiger partial charge in [0.2, 0.25) is 0 Å². The number of carbonyl (C=O) groups excluding carboxylic acids is 1. The highest BCUT2D eigenvalue weighted by Gasteiger charge is 2.49. The highest BCUT2D eigenvalue weighted by atomic mass is 32.2. The van der Waals surface area contributed by atoms with Gasteiger partial charge in [0.25, 0.3) is 0 Å². The average Bonchev–Trinajstić information content (AvgIpc) is 3.01. The number of hydrogen-bond donors (Lipinski definition) is 4. The van der Waals surface area contributed by atoms with E-state index in [1.165, 1.54) is 23.9 Å². The van der Waals surface area contributed by atoms with Gasteiger partial charge >= 0.3 is 0 Å². The molecule has 0 aromatic heterocycles. The van der Waals surface area contributed by atoms with Gasteiger partial charge in [-0.05, 0) is 56.6 Å². The number of Topliss-reactive ketones (excluding diaryl/α,β-unsaturated/α-hetero) is 1. The SMILES string of the molecule is CSC1=CC(O)(CCCCOc2ccccc2)C(C(O)C=CC(O)CCCO)C1=O. The first-order valence-electron chi connectivity index (χ1n) is 10.3. The fourth-order valence-electron chi connectivity index (χ4n) is 3.57. The predicted octanol–water partition coefficient (Wildman–Crippen LogP) is 2.46. The molecule has 0 aliphatic heterocycles. The zero-order valence-corrected chi connectivity index (χ0v) is 18.1. The lowest BCUT2D eigenvalue weighted by Crippen LogP contribution is -2.43. The molecule has 30 heavy (non-hydrogen) atoms. The first kappa shape index (κ1) is 24.6. The Balaban J connectivity index is 1.94. The number of aliphatic hydroxyl groups is 4. The van der Waals surface area contributed by atoms with Crippen molar-refractivity contribution >= 4 is 17.5 Å². The molecule has 0 spiro atoms. The molecule has 4 atom stereocenters. The molecule has 6 nitrogen and oxygen atoms in total. The van der Waals surface area contributed by atoms with Crippen LogP contribution in [0.25, 0.3) is 0 Å². The first-order valence-corrected chi connectivity index (χ1v) is 11.5. The van der Waals surface area contributed by atoms with Crippen LogP contribution in [0.15, 0.2) is 53.5 Å². The molecule has 0 heterocycles. The second-order valence-corrected chi connectivity index (χ2v) is 8.32. The predicted molar refractivity (Wildman–Crippen MR) is 118 cm³/mol. The lowest BCUT2D eigenvalue weighted by atomic mass is 9.81. The number of allylic oxidation sites excluding steroid dienone is 1. The summed E-state index contributed by atoms with van der Waals surface area (Å²) in [7, 11) is 0. The first-order chi connectivity index (χ1) is 14.4. The highest BCUT2D eigenvalue weighted by Crippen LogP contribution is 2.41. The summed E-state index contributed by atoms with van der Waals surface area (Å²) in [5, 5.41) is 40.5. The molecule has 2 rings (SSSR count). The second-order valence-electron chi connectivity index (χ2n) is 7.47. The number of thioether (sulfide) groups is 1. The van der Waals surface area contributed by atoms with E-state index >= 15 is 0 Å². The molecule has 0 saturated heterocycles. The van der Waals surface area contributed by atoms with Crippen molar-refractivity contribution in [2.24, 2.45) is 5.92 Å². The third kappa shape index (κ3) is 6.96. The maximum absolute atomic E-state index is 12.7. The van der Waals surface area contributed by atoms with Crippen molar-refractivity contribution in [1.82, 2.24) is 0 Å². The van der Waals surface area contributed by atoms with Gasteiger partial charge in [-0.1, -0.05) is 30.4 Å². The zero-order valence-electron chi connectivity index (χ0n) is 17.3. The molecule has 0 fully saturated rings. The number of benzene rings is 1. The van der Waals surface area contributed by atoms with Crippen LogP contribution in [0.1, 0.15) is 32.1 Å². The number of rotatable bonds is 13. The summed E-state index contributed by atoms with van der Waals surface area (Å²) in [4.78, 5) is 13.2. The van der Waals surface area contributed by atoms with E-state index < -0.39 is 23.7 Å². The summed E-state index contributed by atoms with van der Waals surface area (Å²) in [5.74, 6) is -0.501. The van der Waals surface area contributed by atoms with Crippen LogP contribution in [0.5, 0.6) is 5.75 Å². The maximum atomic E-state index is 12.7. The van der Waals surface area contributed by atoms with E-state index in [1.54, 1.807) is 12.3 Å². The molecular formula is C23H32O6S. The van der Waals surface area contributed by atoms with E-state index in [9.17, 15) is 20.1 Å². The molecule has 7 heteroatoms. The molecule has 0 amide bonds. The Morgan fingerprint density at radius 3 is 2.57 bits per heavy atom. The van der Waals surface area contributed by atoms with E-state index in [1.807, 2.05) is 30.3 Å². The molecule has 1 aromatic rings. The molecule has 4 N–H and O–H groups in total. The maximum Gasteiger partial charge on any atom is 0.178 e. The van der Waals surface area contributed by atoms with Crippen LogP contribution in [0.4, 0.5) is 0 Å². The fraction of sp³-hybridized carbons (Fsp3) is 0.522. The van der Waals surface area contributed by atoms with Crippen molar-refractivity contribution < 1.29 is 30.0 Å². The molecule has 0 radical (unpaired) electrons. The molecular weight excluding hydrogens is 404 g/mol. The Morgan fingerprint density at radius 1 is 1.17 bits per heavy atom. The number of para-hydroxylation sites is 1. The minimum atomic E-state index is -1.44. The smallest absolute Gasteiger partial charge is 0.178 e. The molecule has 1 aliphatic rings. The largest absolute Gasteiger partial charge is 0.494 e. The van der Waals surface area contributed by atoms with Crippen molar-refractivity contribution in [1.29, 1.82) is 0 Å². The number of ether oxygens (including phenoxy) is 1. The summed E-state index contributed by atoms with van der Waals surface area (Å²) in [6, 6.07) is 9.48. The van der Waals surface area contributed by atoms with Crippen LogP contribution in [0.3, 0.4) is 0 Å². The number of aliphatic hydroxyl groups excluding tert-OH is 3. The van der Waals surface area contributed by atoms with Gasteiger partial charge in [0.15, 0.2) is 5.78 Å². The molecule has 0 saturated carbocycles. The van der Waals surface area contributed by atoms with Crippen LogP contribution in [-0.4, -0.2) is 63.5 Å². The normalized spacial score (nSPS) is 23.6. The Bertz CT molecular complexity index is 720. The fourth-order valence-corrected chi connectivity index (χ4v) is 4.22. The van der Waals surface area contributed by atoms with Crippen LogP contribution >= 0.6 is 11.8 Å². The third-order valence-electron chi connectivity index (χ3n) is 5.18. The van der Waals surface area contributed by atoms with Crippen LogP contribution < -0.4 is 4.74 Å². The number of carbonyl (C=O) groups is 1. The molecule has 4 unspecified atom stereocenters. The summed E-state index contributed by atoms with van der Waals surface area (Å²) in [6.07, 6.45) is 6.52. The van der Waals surface area contributed by atoms with Crippen molar-refractivity contribution in [2.45, 2.75) is 49.9 Å². The summed E-state index contributed by atoms with van der Waals surface area (Å²) < 4.78 is 5.66. The number of unbranched alkanes of at least 4 members (excludes halogenated alkanes) is 1. The molecule has 166 valence electrons.